The number of hydrogen-bond donors (Lipinski definition) is 1. The van der Waals surface area contributed by atoms with Crippen molar-refractivity contribution in [3.8, 4) is 0 Å². The second-order valence-corrected chi connectivity index (χ2v) is 6.52. The largest absolute Gasteiger partial charge is 0.376 e. The van der Waals surface area contributed by atoms with E-state index in [-0.39, 0.29) is 11.7 Å². The van der Waals surface area contributed by atoms with Gasteiger partial charge in [-0.25, -0.2) is 0 Å². The van der Waals surface area contributed by atoms with E-state index in [1.165, 1.54) is 0 Å². The van der Waals surface area contributed by atoms with Crippen LogP contribution < -0.4 is 10.9 Å². The first-order chi connectivity index (χ1) is 9.99. The fourth-order valence-corrected chi connectivity index (χ4v) is 2.77. The van der Waals surface area contributed by atoms with Gasteiger partial charge in [0, 0.05) is 30.5 Å². The summed E-state index contributed by atoms with van der Waals surface area (Å²) in [5.74, 6) is 0.339. The highest BCUT2D eigenvalue weighted by Gasteiger charge is 2.20. The molecule has 4 nitrogen and oxygen atoms in total. The predicted octanol–water partition coefficient (Wildman–Crippen LogP) is 2.65. The van der Waals surface area contributed by atoms with Crippen molar-refractivity contribution in [2.24, 2.45) is 0 Å². The first-order valence-electron chi connectivity index (χ1n) is 8.06. The SMILES string of the molecule is CC(C)NCc1ccc(C(C)C)n(CC2CCCO2)c1=O. The summed E-state index contributed by atoms with van der Waals surface area (Å²) in [5, 5.41) is 3.33. The zero-order valence-corrected chi connectivity index (χ0v) is 13.7. The van der Waals surface area contributed by atoms with Gasteiger partial charge in [-0.05, 0) is 24.8 Å². The highest BCUT2D eigenvalue weighted by atomic mass is 16.5. The molecule has 1 aliphatic rings. The van der Waals surface area contributed by atoms with Gasteiger partial charge >= 0.3 is 0 Å². The Bertz CT molecular complexity index is 514. The second-order valence-electron chi connectivity index (χ2n) is 6.52. The van der Waals surface area contributed by atoms with Crippen LogP contribution in [-0.2, 0) is 17.8 Å². The summed E-state index contributed by atoms with van der Waals surface area (Å²) in [4.78, 5) is 12.8. The normalized spacial score (nSPS) is 18.9. The van der Waals surface area contributed by atoms with Gasteiger partial charge in [0.2, 0.25) is 0 Å². The Morgan fingerprint density at radius 3 is 2.67 bits per heavy atom. The van der Waals surface area contributed by atoms with Crippen LogP contribution in [0.4, 0.5) is 0 Å². The lowest BCUT2D eigenvalue weighted by Gasteiger charge is -2.20. The Morgan fingerprint density at radius 1 is 1.33 bits per heavy atom. The van der Waals surface area contributed by atoms with E-state index >= 15 is 0 Å². The molecular formula is C17H28N2O2. The van der Waals surface area contributed by atoms with Gasteiger partial charge in [0.25, 0.3) is 5.56 Å². The lowest BCUT2D eigenvalue weighted by atomic mass is 10.1. The van der Waals surface area contributed by atoms with Crippen LogP contribution in [0.5, 0.6) is 0 Å². The molecule has 1 unspecified atom stereocenters. The molecular weight excluding hydrogens is 264 g/mol. The molecule has 0 bridgehead atoms. The van der Waals surface area contributed by atoms with E-state index in [1.807, 2.05) is 10.6 Å². The number of aromatic nitrogens is 1. The predicted molar refractivity (Wildman–Crippen MR) is 85.7 cm³/mol. The molecule has 118 valence electrons. The average Bonchev–Trinajstić information content (AvgIpc) is 2.92. The molecule has 21 heavy (non-hydrogen) atoms. The van der Waals surface area contributed by atoms with Gasteiger partial charge in [0.1, 0.15) is 0 Å². The van der Waals surface area contributed by atoms with Crippen molar-refractivity contribution in [1.82, 2.24) is 9.88 Å². The van der Waals surface area contributed by atoms with Crippen molar-refractivity contribution < 1.29 is 4.74 Å². The third kappa shape index (κ3) is 4.17. The number of rotatable bonds is 6. The van der Waals surface area contributed by atoms with E-state index in [0.717, 1.165) is 30.7 Å². The second kappa shape index (κ2) is 7.23. The van der Waals surface area contributed by atoms with Crippen LogP contribution in [0, 0.1) is 0 Å². The van der Waals surface area contributed by atoms with E-state index in [4.69, 9.17) is 4.74 Å². The van der Waals surface area contributed by atoms with E-state index < -0.39 is 0 Å². The summed E-state index contributed by atoms with van der Waals surface area (Å²) in [7, 11) is 0. The van der Waals surface area contributed by atoms with Gasteiger partial charge in [0.05, 0.1) is 12.6 Å². The Balaban J connectivity index is 2.28. The van der Waals surface area contributed by atoms with Crippen LogP contribution in [0.25, 0.3) is 0 Å². The quantitative estimate of drug-likeness (QED) is 0.876. The number of nitrogens with one attached hydrogen (secondary N) is 1. The van der Waals surface area contributed by atoms with Crippen LogP contribution in [0.3, 0.4) is 0 Å². The molecule has 2 rings (SSSR count). The third-order valence-corrected chi connectivity index (χ3v) is 3.99. The molecule has 1 saturated heterocycles. The molecule has 0 amide bonds. The first-order valence-corrected chi connectivity index (χ1v) is 8.06. The number of nitrogens with zero attached hydrogens (tertiary/aromatic N) is 1. The van der Waals surface area contributed by atoms with Crippen LogP contribution in [0.15, 0.2) is 16.9 Å². The van der Waals surface area contributed by atoms with E-state index in [2.05, 4.69) is 39.1 Å². The number of ether oxygens (including phenoxy) is 1. The van der Waals surface area contributed by atoms with Crippen LogP contribution in [0.1, 0.15) is 57.7 Å². The van der Waals surface area contributed by atoms with Crippen molar-refractivity contribution in [2.75, 3.05) is 6.61 Å². The lowest BCUT2D eigenvalue weighted by molar-refractivity contribution is 0.0951. The lowest BCUT2D eigenvalue weighted by Crippen LogP contribution is -2.34. The van der Waals surface area contributed by atoms with E-state index in [0.29, 0.717) is 25.0 Å². The summed E-state index contributed by atoms with van der Waals surface area (Å²) < 4.78 is 7.64. The standard InChI is InChI=1S/C17H28N2O2/c1-12(2)16-8-7-14(10-18-13(3)4)17(20)19(16)11-15-6-5-9-21-15/h7-8,12-13,15,18H,5-6,9-11H2,1-4H3. The zero-order valence-electron chi connectivity index (χ0n) is 13.7. The molecule has 2 heterocycles. The topological polar surface area (TPSA) is 43.3 Å². The Labute approximate surface area is 127 Å². The molecule has 1 aliphatic heterocycles. The molecule has 0 aliphatic carbocycles. The molecule has 0 radical (unpaired) electrons. The molecule has 1 aromatic heterocycles. The van der Waals surface area contributed by atoms with Crippen molar-refractivity contribution in [3.63, 3.8) is 0 Å². The Kier molecular flexibility index (Phi) is 5.59. The summed E-state index contributed by atoms with van der Waals surface area (Å²) >= 11 is 0. The highest BCUT2D eigenvalue weighted by Crippen LogP contribution is 2.18. The molecule has 0 saturated carbocycles. The fraction of sp³-hybridized carbons (Fsp3) is 0.706. The van der Waals surface area contributed by atoms with Gasteiger partial charge in [0.15, 0.2) is 0 Å². The van der Waals surface area contributed by atoms with Gasteiger partial charge < -0.3 is 14.6 Å². The minimum atomic E-state index is 0.129. The maximum Gasteiger partial charge on any atom is 0.255 e. The number of hydrogen-bond acceptors (Lipinski definition) is 3. The monoisotopic (exact) mass is 292 g/mol. The smallest absolute Gasteiger partial charge is 0.255 e. The van der Waals surface area contributed by atoms with Gasteiger partial charge in [-0.2, -0.15) is 0 Å². The van der Waals surface area contributed by atoms with Crippen molar-refractivity contribution in [1.29, 1.82) is 0 Å². The molecule has 4 heteroatoms. The molecule has 0 spiro atoms. The summed E-state index contributed by atoms with van der Waals surface area (Å²) in [6.45, 7) is 10.6. The maximum absolute atomic E-state index is 12.8. The first kappa shape index (κ1) is 16.2. The van der Waals surface area contributed by atoms with E-state index in [1.54, 1.807) is 0 Å². The molecule has 0 aromatic carbocycles. The van der Waals surface area contributed by atoms with Crippen LogP contribution in [-0.4, -0.2) is 23.3 Å². The molecule has 1 aromatic rings. The van der Waals surface area contributed by atoms with Crippen molar-refractivity contribution in [2.45, 2.75) is 71.7 Å². The summed E-state index contributed by atoms with van der Waals surface area (Å²) in [6.07, 6.45) is 2.34. The van der Waals surface area contributed by atoms with Gasteiger partial charge in [-0.15, -0.1) is 0 Å². The van der Waals surface area contributed by atoms with Crippen LogP contribution in [0.2, 0.25) is 0 Å². The molecule has 1 atom stereocenters. The number of pyridine rings is 1. The molecule has 1 N–H and O–H groups in total. The maximum atomic E-state index is 12.8. The highest BCUT2D eigenvalue weighted by molar-refractivity contribution is 5.19. The third-order valence-electron chi connectivity index (χ3n) is 3.99. The van der Waals surface area contributed by atoms with Crippen molar-refractivity contribution in [3.05, 3.63) is 33.7 Å². The zero-order chi connectivity index (χ0) is 15.4. The molecule has 1 fully saturated rings. The fourth-order valence-electron chi connectivity index (χ4n) is 2.77. The van der Waals surface area contributed by atoms with E-state index in [9.17, 15) is 4.79 Å². The van der Waals surface area contributed by atoms with Gasteiger partial charge in [-0.3, -0.25) is 4.79 Å². The van der Waals surface area contributed by atoms with Crippen LogP contribution >= 0.6 is 0 Å². The average molecular weight is 292 g/mol. The minimum Gasteiger partial charge on any atom is -0.376 e. The summed E-state index contributed by atoms with van der Waals surface area (Å²) in [6, 6.07) is 4.44. The Hall–Kier alpha value is -1.13. The summed E-state index contributed by atoms with van der Waals surface area (Å²) in [5.41, 5.74) is 2.07. The Morgan fingerprint density at radius 2 is 2.10 bits per heavy atom. The van der Waals surface area contributed by atoms with Gasteiger partial charge in [-0.1, -0.05) is 33.8 Å². The van der Waals surface area contributed by atoms with Crippen molar-refractivity contribution >= 4 is 0 Å². The minimum absolute atomic E-state index is 0.129.